The number of hydrogen-bond donors (Lipinski definition) is 2. The van der Waals surface area contributed by atoms with Crippen LogP contribution in [0.15, 0.2) is 42.5 Å². The second-order valence-corrected chi connectivity index (χ2v) is 4.10. The molecule has 2 rings (SSSR count). The van der Waals surface area contributed by atoms with Gasteiger partial charge in [-0.2, -0.15) is 0 Å². The zero-order valence-corrected chi connectivity index (χ0v) is 11.1. The summed E-state index contributed by atoms with van der Waals surface area (Å²) >= 11 is 0. The van der Waals surface area contributed by atoms with Crippen molar-refractivity contribution in [1.29, 1.82) is 0 Å². The number of anilines is 1. The molecule has 2 aromatic carbocycles. The molecule has 0 unspecified atom stereocenters. The van der Waals surface area contributed by atoms with Crippen LogP contribution in [0.4, 0.5) is 5.69 Å². The summed E-state index contributed by atoms with van der Waals surface area (Å²) in [7, 11) is 0. The van der Waals surface area contributed by atoms with Crippen molar-refractivity contribution in [1.82, 2.24) is 0 Å². The van der Waals surface area contributed by atoms with E-state index < -0.39 is 5.91 Å². The molecule has 2 aromatic rings. The number of nitrogens with two attached hydrogens (primary N) is 2. The zero-order chi connectivity index (χ0) is 14.5. The molecule has 0 fully saturated rings. The van der Waals surface area contributed by atoms with Crippen LogP contribution in [0.1, 0.15) is 17.3 Å². The largest absolute Gasteiger partial charge is 0.490 e. The van der Waals surface area contributed by atoms with Crippen molar-refractivity contribution in [2.45, 2.75) is 6.92 Å². The Morgan fingerprint density at radius 3 is 2.45 bits per heavy atom. The number of amides is 1. The van der Waals surface area contributed by atoms with Gasteiger partial charge in [0, 0.05) is 11.8 Å². The van der Waals surface area contributed by atoms with E-state index in [1.807, 2.05) is 19.1 Å². The summed E-state index contributed by atoms with van der Waals surface area (Å²) in [6, 6.07) is 11.9. The number of para-hydroxylation sites is 2. The molecule has 0 radical (unpaired) electrons. The van der Waals surface area contributed by atoms with Crippen molar-refractivity contribution in [3.05, 3.63) is 48.0 Å². The number of carbonyl (C=O) groups excluding carboxylic acids is 1. The Labute approximate surface area is 117 Å². The predicted molar refractivity (Wildman–Crippen MR) is 77.1 cm³/mol. The van der Waals surface area contributed by atoms with Gasteiger partial charge in [-0.15, -0.1) is 0 Å². The van der Waals surface area contributed by atoms with Gasteiger partial charge in [0.05, 0.1) is 12.2 Å². The fourth-order valence-corrected chi connectivity index (χ4v) is 1.75. The molecule has 5 heteroatoms. The maximum absolute atomic E-state index is 11.4. The van der Waals surface area contributed by atoms with Crippen molar-refractivity contribution in [3.63, 3.8) is 0 Å². The second-order valence-electron chi connectivity index (χ2n) is 4.10. The molecule has 4 N–H and O–H groups in total. The van der Waals surface area contributed by atoms with E-state index in [9.17, 15) is 4.79 Å². The third-order valence-electron chi connectivity index (χ3n) is 2.64. The highest BCUT2D eigenvalue weighted by Gasteiger charge is 2.13. The first-order valence-corrected chi connectivity index (χ1v) is 6.21. The van der Waals surface area contributed by atoms with Gasteiger partial charge < -0.3 is 20.9 Å². The lowest BCUT2D eigenvalue weighted by Crippen LogP contribution is -2.12. The van der Waals surface area contributed by atoms with E-state index in [4.69, 9.17) is 20.9 Å². The quantitative estimate of drug-likeness (QED) is 0.819. The molecule has 0 bridgehead atoms. The number of nitrogen functional groups attached to an aromatic ring is 1. The van der Waals surface area contributed by atoms with Crippen LogP contribution >= 0.6 is 0 Å². The van der Waals surface area contributed by atoms with Gasteiger partial charge >= 0.3 is 0 Å². The molecule has 0 saturated carbocycles. The number of hydrogen-bond acceptors (Lipinski definition) is 4. The Balaban J connectivity index is 2.39. The zero-order valence-electron chi connectivity index (χ0n) is 11.1. The molecule has 104 valence electrons. The topological polar surface area (TPSA) is 87.6 Å². The summed E-state index contributed by atoms with van der Waals surface area (Å²) < 4.78 is 11.2. The molecule has 0 aliphatic heterocycles. The first-order chi connectivity index (χ1) is 9.61. The smallest absolute Gasteiger partial charge is 0.252 e. The number of rotatable bonds is 5. The third kappa shape index (κ3) is 3.00. The summed E-state index contributed by atoms with van der Waals surface area (Å²) in [6.07, 6.45) is 0. The van der Waals surface area contributed by atoms with Gasteiger partial charge in [-0.05, 0) is 31.2 Å². The Morgan fingerprint density at radius 1 is 1.10 bits per heavy atom. The normalized spacial score (nSPS) is 10.1. The van der Waals surface area contributed by atoms with Gasteiger partial charge in [0.1, 0.15) is 5.75 Å². The van der Waals surface area contributed by atoms with Crippen molar-refractivity contribution in [3.8, 4) is 17.2 Å². The van der Waals surface area contributed by atoms with Gasteiger partial charge in [0.15, 0.2) is 11.5 Å². The Hall–Kier alpha value is -2.69. The average Bonchev–Trinajstić information content (AvgIpc) is 2.41. The van der Waals surface area contributed by atoms with E-state index in [2.05, 4.69) is 0 Å². The second kappa shape index (κ2) is 5.97. The molecule has 0 saturated heterocycles. The molecule has 0 aromatic heterocycles. The Morgan fingerprint density at radius 2 is 1.80 bits per heavy atom. The third-order valence-corrected chi connectivity index (χ3v) is 2.64. The molecular weight excluding hydrogens is 256 g/mol. The van der Waals surface area contributed by atoms with Crippen LogP contribution in [-0.4, -0.2) is 12.5 Å². The van der Waals surface area contributed by atoms with E-state index in [0.29, 0.717) is 29.5 Å². The van der Waals surface area contributed by atoms with E-state index in [-0.39, 0.29) is 5.56 Å². The number of carbonyl (C=O) groups is 1. The lowest BCUT2D eigenvalue weighted by Gasteiger charge is -2.13. The van der Waals surface area contributed by atoms with Crippen molar-refractivity contribution >= 4 is 11.6 Å². The maximum atomic E-state index is 11.4. The molecule has 0 spiro atoms. The number of primary amides is 1. The van der Waals surface area contributed by atoms with Crippen molar-refractivity contribution < 1.29 is 14.3 Å². The summed E-state index contributed by atoms with van der Waals surface area (Å²) in [4.78, 5) is 11.4. The van der Waals surface area contributed by atoms with E-state index >= 15 is 0 Å². The minimum absolute atomic E-state index is 0.269. The SMILES string of the molecule is CCOc1ccccc1Oc1cc(N)ccc1C(N)=O. The van der Waals surface area contributed by atoms with Crippen molar-refractivity contribution in [2.75, 3.05) is 12.3 Å². The van der Waals surface area contributed by atoms with Gasteiger partial charge in [0.25, 0.3) is 5.91 Å². The fraction of sp³-hybridized carbons (Fsp3) is 0.133. The standard InChI is InChI=1S/C15H16N2O3/c1-2-19-12-5-3-4-6-13(12)20-14-9-10(16)7-8-11(14)15(17)18/h3-9H,2,16H2,1H3,(H2,17,18). The molecule has 20 heavy (non-hydrogen) atoms. The minimum atomic E-state index is -0.575. The molecule has 0 atom stereocenters. The summed E-state index contributed by atoms with van der Waals surface area (Å²) in [5, 5.41) is 0. The maximum Gasteiger partial charge on any atom is 0.252 e. The van der Waals surface area contributed by atoms with Gasteiger partial charge in [0.2, 0.25) is 0 Å². The summed E-state index contributed by atoms with van der Waals surface area (Å²) in [5.74, 6) is 0.828. The lowest BCUT2D eigenvalue weighted by molar-refractivity contribution is 0.0998. The molecule has 0 aliphatic carbocycles. The summed E-state index contributed by atoms with van der Waals surface area (Å²) in [6.45, 7) is 2.39. The summed E-state index contributed by atoms with van der Waals surface area (Å²) in [5.41, 5.74) is 11.8. The van der Waals surface area contributed by atoms with Crippen LogP contribution in [0.5, 0.6) is 17.2 Å². The first kappa shape index (κ1) is 13.7. The van der Waals surface area contributed by atoms with Crippen LogP contribution < -0.4 is 20.9 Å². The Kier molecular flexibility index (Phi) is 4.10. The molecular formula is C15H16N2O3. The number of benzene rings is 2. The van der Waals surface area contributed by atoms with Crippen LogP contribution in [0, 0.1) is 0 Å². The van der Waals surface area contributed by atoms with E-state index in [1.165, 1.54) is 6.07 Å². The van der Waals surface area contributed by atoms with Gasteiger partial charge in [-0.25, -0.2) is 0 Å². The molecule has 0 aliphatic rings. The van der Waals surface area contributed by atoms with Crippen LogP contribution in [0.25, 0.3) is 0 Å². The highest BCUT2D eigenvalue weighted by Crippen LogP contribution is 2.33. The van der Waals surface area contributed by atoms with E-state index in [0.717, 1.165) is 0 Å². The first-order valence-electron chi connectivity index (χ1n) is 6.21. The number of ether oxygens (including phenoxy) is 2. The average molecular weight is 272 g/mol. The van der Waals surface area contributed by atoms with Gasteiger partial charge in [-0.1, -0.05) is 12.1 Å². The Bertz CT molecular complexity index is 626. The van der Waals surface area contributed by atoms with Crippen LogP contribution in [0.2, 0.25) is 0 Å². The predicted octanol–water partition coefficient (Wildman–Crippen LogP) is 2.56. The van der Waals surface area contributed by atoms with Crippen molar-refractivity contribution in [2.24, 2.45) is 5.73 Å². The van der Waals surface area contributed by atoms with Crippen LogP contribution in [-0.2, 0) is 0 Å². The lowest BCUT2D eigenvalue weighted by atomic mass is 10.1. The highest BCUT2D eigenvalue weighted by atomic mass is 16.5. The fourth-order valence-electron chi connectivity index (χ4n) is 1.75. The molecule has 1 amide bonds. The minimum Gasteiger partial charge on any atom is -0.490 e. The van der Waals surface area contributed by atoms with Gasteiger partial charge in [-0.3, -0.25) is 4.79 Å². The highest BCUT2D eigenvalue weighted by molar-refractivity contribution is 5.96. The van der Waals surface area contributed by atoms with Crippen LogP contribution in [0.3, 0.4) is 0 Å². The monoisotopic (exact) mass is 272 g/mol. The molecule has 0 heterocycles. The van der Waals surface area contributed by atoms with E-state index in [1.54, 1.807) is 24.3 Å². The molecule has 5 nitrogen and oxygen atoms in total.